The zero-order valence-electron chi connectivity index (χ0n) is 28.6. The Labute approximate surface area is 282 Å². The number of carbonyl (C=O) groups excluding carboxylic acids is 1. The molecule has 3 nitrogen and oxygen atoms in total. The topological polar surface area (TPSA) is 23.6 Å². The van der Waals surface area contributed by atoms with E-state index < -0.39 is 35.8 Å². The van der Waals surface area contributed by atoms with Crippen molar-refractivity contribution in [1.29, 1.82) is 0 Å². The molecule has 5 rings (SSSR count). The Kier molecular flexibility index (Phi) is 11.9. The van der Waals surface area contributed by atoms with Crippen LogP contribution in [0.1, 0.15) is 123 Å². The predicted molar refractivity (Wildman–Crippen MR) is 178 cm³/mol. The third-order valence-electron chi connectivity index (χ3n) is 11.5. The van der Waals surface area contributed by atoms with Gasteiger partial charge in [-0.3, -0.25) is 4.79 Å². The smallest absolute Gasteiger partial charge is 0.342 e. The molecule has 48 heavy (non-hydrogen) atoms. The lowest BCUT2D eigenvalue weighted by molar-refractivity contribution is -0.143. The van der Waals surface area contributed by atoms with Crippen LogP contribution in [0.4, 0.5) is 26.3 Å². The van der Waals surface area contributed by atoms with E-state index in [-0.39, 0.29) is 17.0 Å². The number of rotatable bonds is 9. The number of alkyl halides is 6. The van der Waals surface area contributed by atoms with Crippen molar-refractivity contribution in [3.63, 3.8) is 0 Å². The summed E-state index contributed by atoms with van der Waals surface area (Å²) in [5.41, 5.74) is 0.161. The lowest BCUT2D eigenvalue weighted by Crippen LogP contribution is -2.49. The maximum absolute atomic E-state index is 13.6. The average molecular weight is 679 g/mol. The van der Waals surface area contributed by atoms with Gasteiger partial charge in [-0.2, -0.15) is 26.3 Å². The molecule has 3 fully saturated rings. The standard InChI is InChI=1S/C39H52F6N2O/c1-28-13-15-32(22-29(28)2)37(17-5-4-10-30-11-8-12-35(16-14-30)46-19-6-3-7-20-46)18-9-21-47(27-37)36(48)25-31-23-33(38(40,41)42)26-34(24-31)39(43,44)45/h13,15,22-24,26,30,35H,3-12,14,16-21,25,27H2,1-2H3/t30?,35?,37-/m1/s1. The molecule has 0 N–H and O–H groups in total. The van der Waals surface area contributed by atoms with Gasteiger partial charge in [0, 0.05) is 24.5 Å². The summed E-state index contributed by atoms with van der Waals surface area (Å²) >= 11 is 0. The van der Waals surface area contributed by atoms with Crippen molar-refractivity contribution < 1.29 is 31.1 Å². The van der Waals surface area contributed by atoms with Gasteiger partial charge in [-0.1, -0.05) is 56.7 Å². The Hall–Kier alpha value is -2.55. The van der Waals surface area contributed by atoms with Crippen LogP contribution in [0.2, 0.25) is 0 Å². The summed E-state index contributed by atoms with van der Waals surface area (Å²) < 4.78 is 81.0. The number of hydrogen-bond donors (Lipinski definition) is 0. The first-order valence-corrected chi connectivity index (χ1v) is 18.1. The van der Waals surface area contributed by atoms with Crippen LogP contribution in [-0.4, -0.2) is 47.9 Å². The van der Waals surface area contributed by atoms with E-state index in [2.05, 4.69) is 36.9 Å². The fraction of sp³-hybridized carbons (Fsp3) is 0.667. The van der Waals surface area contributed by atoms with E-state index in [1.165, 1.54) is 87.6 Å². The lowest BCUT2D eigenvalue weighted by atomic mass is 9.70. The SMILES string of the molecule is Cc1ccc([C@]2(CCCCC3CCCC(N4CCCCC4)CC3)CCCN(C(=O)Cc3cc(C(F)(F)F)cc(C(F)(F)F)c3)C2)cc1C. The fourth-order valence-electron chi connectivity index (χ4n) is 8.60. The molecule has 0 bridgehead atoms. The van der Waals surface area contributed by atoms with Gasteiger partial charge in [0.25, 0.3) is 0 Å². The summed E-state index contributed by atoms with van der Waals surface area (Å²) in [4.78, 5) is 18.0. The highest BCUT2D eigenvalue weighted by Crippen LogP contribution is 2.41. The normalized spacial score (nSPS) is 24.8. The average Bonchev–Trinajstić information content (AvgIpc) is 3.30. The molecule has 2 unspecified atom stereocenters. The van der Waals surface area contributed by atoms with E-state index in [0.29, 0.717) is 25.2 Å². The third kappa shape index (κ3) is 9.36. The monoisotopic (exact) mass is 678 g/mol. The zero-order chi connectivity index (χ0) is 34.5. The van der Waals surface area contributed by atoms with E-state index >= 15 is 0 Å². The van der Waals surface area contributed by atoms with Crippen molar-refractivity contribution >= 4 is 5.91 Å². The summed E-state index contributed by atoms with van der Waals surface area (Å²) in [5.74, 6) is 0.313. The summed E-state index contributed by atoms with van der Waals surface area (Å²) in [6.45, 7) is 7.51. The first-order chi connectivity index (χ1) is 22.7. The van der Waals surface area contributed by atoms with Crippen LogP contribution < -0.4 is 0 Å². The Morgan fingerprint density at radius 3 is 2.15 bits per heavy atom. The van der Waals surface area contributed by atoms with Crippen molar-refractivity contribution in [2.75, 3.05) is 26.2 Å². The molecule has 3 aliphatic rings. The van der Waals surface area contributed by atoms with E-state index in [4.69, 9.17) is 0 Å². The fourth-order valence-corrected chi connectivity index (χ4v) is 8.60. The number of carbonyl (C=O) groups is 1. The van der Waals surface area contributed by atoms with E-state index in [1.807, 2.05) is 0 Å². The Morgan fingerprint density at radius 2 is 1.48 bits per heavy atom. The van der Waals surface area contributed by atoms with E-state index in [0.717, 1.165) is 44.1 Å². The van der Waals surface area contributed by atoms with Crippen LogP contribution in [0, 0.1) is 19.8 Å². The van der Waals surface area contributed by atoms with Gasteiger partial charge in [0.1, 0.15) is 0 Å². The van der Waals surface area contributed by atoms with Gasteiger partial charge in [-0.15, -0.1) is 0 Å². The first-order valence-electron chi connectivity index (χ1n) is 18.1. The first kappa shape index (κ1) is 36.7. The molecule has 1 saturated carbocycles. The van der Waals surface area contributed by atoms with Crippen molar-refractivity contribution in [3.05, 3.63) is 69.8 Å². The van der Waals surface area contributed by atoms with Gasteiger partial charge in [-0.25, -0.2) is 0 Å². The number of hydrogen-bond acceptors (Lipinski definition) is 2. The molecule has 2 saturated heterocycles. The predicted octanol–water partition coefficient (Wildman–Crippen LogP) is 10.4. The molecule has 2 aromatic rings. The van der Waals surface area contributed by atoms with Crippen molar-refractivity contribution in [2.45, 2.75) is 134 Å². The highest BCUT2D eigenvalue weighted by atomic mass is 19.4. The van der Waals surface area contributed by atoms with Crippen LogP contribution in [0.5, 0.6) is 0 Å². The second kappa shape index (κ2) is 15.6. The zero-order valence-corrected chi connectivity index (χ0v) is 28.6. The molecule has 0 radical (unpaired) electrons. The number of aryl methyl sites for hydroxylation is 2. The maximum atomic E-state index is 13.6. The van der Waals surface area contributed by atoms with Crippen LogP contribution in [0.25, 0.3) is 0 Å². The van der Waals surface area contributed by atoms with Crippen molar-refractivity contribution in [1.82, 2.24) is 9.80 Å². The minimum absolute atomic E-state index is 0.113. The molecule has 0 spiro atoms. The largest absolute Gasteiger partial charge is 0.416 e. The minimum atomic E-state index is -4.95. The van der Waals surface area contributed by atoms with Crippen LogP contribution in [0.3, 0.4) is 0 Å². The summed E-state index contributed by atoms with van der Waals surface area (Å²) in [6.07, 6.45) is 5.96. The number of likely N-dealkylation sites (tertiary alicyclic amines) is 2. The molecule has 266 valence electrons. The number of benzene rings is 2. The number of amides is 1. The molecule has 0 aromatic heterocycles. The second-order valence-corrected chi connectivity index (χ2v) is 15.0. The summed E-state index contributed by atoms with van der Waals surface area (Å²) in [7, 11) is 0. The Balaban J connectivity index is 1.26. The number of halogens is 6. The van der Waals surface area contributed by atoms with Gasteiger partial charge < -0.3 is 9.80 Å². The number of nitrogens with zero attached hydrogens (tertiary/aromatic N) is 2. The minimum Gasteiger partial charge on any atom is -0.342 e. The molecule has 2 heterocycles. The molecule has 3 atom stereocenters. The number of unbranched alkanes of at least 4 members (excludes halogenated alkanes) is 1. The second-order valence-electron chi connectivity index (χ2n) is 15.0. The van der Waals surface area contributed by atoms with E-state index in [9.17, 15) is 31.1 Å². The van der Waals surface area contributed by atoms with Gasteiger partial charge in [0.05, 0.1) is 17.5 Å². The number of piperidine rings is 2. The Bertz CT molecular complexity index is 1350. The molecular weight excluding hydrogens is 626 g/mol. The van der Waals surface area contributed by atoms with Crippen molar-refractivity contribution in [3.8, 4) is 0 Å². The van der Waals surface area contributed by atoms with Crippen LogP contribution in [0.15, 0.2) is 36.4 Å². The molecule has 2 aromatic carbocycles. The summed E-state index contributed by atoms with van der Waals surface area (Å²) in [6, 6.07) is 8.67. The third-order valence-corrected chi connectivity index (χ3v) is 11.5. The quantitative estimate of drug-likeness (QED) is 0.150. The molecule has 1 aliphatic carbocycles. The van der Waals surface area contributed by atoms with Gasteiger partial charge >= 0.3 is 12.4 Å². The van der Waals surface area contributed by atoms with Gasteiger partial charge in [-0.05, 0) is 125 Å². The van der Waals surface area contributed by atoms with Gasteiger partial charge in [0.15, 0.2) is 0 Å². The maximum Gasteiger partial charge on any atom is 0.416 e. The lowest BCUT2D eigenvalue weighted by Gasteiger charge is -2.44. The Morgan fingerprint density at radius 1 is 0.771 bits per heavy atom. The van der Waals surface area contributed by atoms with Crippen LogP contribution >= 0.6 is 0 Å². The molecule has 2 aliphatic heterocycles. The molecule has 9 heteroatoms. The highest BCUT2D eigenvalue weighted by Gasteiger charge is 2.40. The van der Waals surface area contributed by atoms with Crippen LogP contribution in [-0.2, 0) is 29.0 Å². The molecular formula is C39H52F6N2O. The van der Waals surface area contributed by atoms with Crippen molar-refractivity contribution in [2.24, 2.45) is 5.92 Å². The summed E-state index contributed by atoms with van der Waals surface area (Å²) in [5, 5.41) is 0. The molecule has 1 amide bonds. The highest BCUT2D eigenvalue weighted by molar-refractivity contribution is 5.79. The van der Waals surface area contributed by atoms with Gasteiger partial charge in [0.2, 0.25) is 5.91 Å². The van der Waals surface area contributed by atoms with E-state index in [1.54, 1.807) is 4.90 Å².